The maximum atomic E-state index is 12.4. The molecule has 6 heteroatoms. The first-order valence-corrected chi connectivity index (χ1v) is 6.32. The highest BCUT2D eigenvalue weighted by molar-refractivity contribution is 5.82. The van der Waals surface area contributed by atoms with Gasteiger partial charge in [0.05, 0.1) is 11.1 Å². The van der Waals surface area contributed by atoms with Crippen molar-refractivity contribution in [2.75, 3.05) is 6.54 Å². The van der Waals surface area contributed by atoms with Crippen LogP contribution in [0.3, 0.4) is 0 Å². The number of benzene rings is 1. The highest BCUT2D eigenvalue weighted by Crippen LogP contribution is 2.18. The molecule has 0 aliphatic carbocycles. The fraction of sp³-hybridized carbons (Fsp3) is 0.214. The van der Waals surface area contributed by atoms with Crippen LogP contribution < -0.4 is 11.3 Å². The standard InChI is InChI=1S/C14H14N4O2/c1-18-11-5-3-2-4-9(11)8-10(14(18)19)13-16-12(6-7-15)20-17-13/h2-5,8H,6-7,15H2,1H3. The van der Waals surface area contributed by atoms with E-state index in [0.29, 0.717) is 30.2 Å². The van der Waals surface area contributed by atoms with E-state index < -0.39 is 0 Å². The molecule has 0 bridgehead atoms. The lowest BCUT2D eigenvalue weighted by Gasteiger charge is -2.06. The van der Waals surface area contributed by atoms with E-state index in [2.05, 4.69) is 10.1 Å². The molecule has 0 radical (unpaired) electrons. The van der Waals surface area contributed by atoms with Crippen molar-refractivity contribution in [3.63, 3.8) is 0 Å². The van der Waals surface area contributed by atoms with Gasteiger partial charge in [0, 0.05) is 20.0 Å². The molecule has 3 rings (SSSR count). The van der Waals surface area contributed by atoms with E-state index in [1.54, 1.807) is 17.7 Å². The zero-order chi connectivity index (χ0) is 14.1. The second-order valence-electron chi connectivity index (χ2n) is 4.53. The second-order valence-corrected chi connectivity index (χ2v) is 4.53. The Labute approximate surface area is 114 Å². The third-order valence-corrected chi connectivity index (χ3v) is 3.20. The molecule has 0 fully saturated rings. The van der Waals surface area contributed by atoms with Crippen LogP contribution in [0.25, 0.3) is 22.3 Å². The molecule has 6 nitrogen and oxygen atoms in total. The van der Waals surface area contributed by atoms with Gasteiger partial charge in [0.25, 0.3) is 5.56 Å². The van der Waals surface area contributed by atoms with Crippen molar-refractivity contribution >= 4 is 10.9 Å². The first-order valence-electron chi connectivity index (χ1n) is 6.32. The molecule has 0 aliphatic heterocycles. The van der Waals surface area contributed by atoms with Gasteiger partial charge < -0.3 is 14.8 Å². The SMILES string of the molecule is Cn1c(=O)c(-c2noc(CCN)n2)cc2ccccc21. The van der Waals surface area contributed by atoms with E-state index in [1.807, 2.05) is 24.3 Å². The first-order chi connectivity index (χ1) is 9.70. The van der Waals surface area contributed by atoms with Crippen molar-refractivity contribution in [2.24, 2.45) is 12.8 Å². The Bertz CT molecular complexity index is 819. The normalized spacial score (nSPS) is 11.1. The predicted octanol–water partition coefficient (Wildman–Crippen LogP) is 1.09. The van der Waals surface area contributed by atoms with Gasteiger partial charge in [-0.1, -0.05) is 23.4 Å². The number of hydrogen-bond acceptors (Lipinski definition) is 5. The molecule has 0 amide bonds. The molecule has 1 aromatic carbocycles. The molecule has 0 saturated heterocycles. The van der Waals surface area contributed by atoms with Gasteiger partial charge in [-0.25, -0.2) is 0 Å². The van der Waals surface area contributed by atoms with Crippen LogP contribution in [0.4, 0.5) is 0 Å². The lowest BCUT2D eigenvalue weighted by molar-refractivity contribution is 0.380. The largest absolute Gasteiger partial charge is 0.339 e. The van der Waals surface area contributed by atoms with Gasteiger partial charge in [0.2, 0.25) is 11.7 Å². The molecule has 2 aromatic heterocycles. The summed E-state index contributed by atoms with van der Waals surface area (Å²) in [6.45, 7) is 0.428. The monoisotopic (exact) mass is 270 g/mol. The van der Waals surface area contributed by atoms with E-state index in [-0.39, 0.29) is 5.56 Å². The summed E-state index contributed by atoms with van der Waals surface area (Å²) in [6, 6.07) is 9.45. The summed E-state index contributed by atoms with van der Waals surface area (Å²) in [5, 5.41) is 4.81. The molecule has 0 saturated carbocycles. The third kappa shape index (κ3) is 2.00. The van der Waals surface area contributed by atoms with Gasteiger partial charge in [0.15, 0.2) is 0 Å². The minimum absolute atomic E-state index is 0.149. The molecular weight excluding hydrogens is 256 g/mol. The maximum absolute atomic E-state index is 12.4. The topological polar surface area (TPSA) is 86.9 Å². The Morgan fingerprint density at radius 2 is 2.15 bits per heavy atom. The van der Waals surface area contributed by atoms with Crippen LogP contribution in [0.2, 0.25) is 0 Å². The molecule has 0 aliphatic rings. The number of pyridine rings is 1. The number of para-hydroxylation sites is 1. The third-order valence-electron chi connectivity index (χ3n) is 3.20. The molecule has 0 spiro atoms. The number of nitrogens with two attached hydrogens (primary N) is 1. The van der Waals surface area contributed by atoms with Gasteiger partial charge in [0.1, 0.15) is 0 Å². The van der Waals surface area contributed by atoms with E-state index >= 15 is 0 Å². The zero-order valence-corrected chi connectivity index (χ0v) is 11.0. The van der Waals surface area contributed by atoms with Crippen molar-refractivity contribution in [3.05, 3.63) is 46.6 Å². The fourth-order valence-corrected chi connectivity index (χ4v) is 2.17. The highest BCUT2D eigenvalue weighted by atomic mass is 16.5. The smallest absolute Gasteiger partial charge is 0.262 e. The Hall–Kier alpha value is -2.47. The number of aryl methyl sites for hydroxylation is 1. The van der Waals surface area contributed by atoms with Crippen LogP contribution in [-0.2, 0) is 13.5 Å². The Morgan fingerprint density at radius 1 is 1.35 bits per heavy atom. The molecule has 0 atom stereocenters. The van der Waals surface area contributed by atoms with Crippen molar-refractivity contribution in [2.45, 2.75) is 6.42 Å². The van der Waals surface area contributed by atoms with Crippen LogP contribution >= 0.6 is 0 Å². The number of aromatic nitrogens is 3. The average Bonchev–Trinajstić information content (AvgIpc) is 2.92. The van der Waals surface area contributed by atoms with Crippen molar-refractivity contribution in [3.8, 4) is 11.4 Å². The summed E-state index contributed by atoms with van der Waals surface area (Å²) in [7, 11) is 1.73. The van der Waals surface area contributed by atoms with E-state index in [1.165, 1.54) is 0 Å². The van der Waals surface area contributed by atoms with E-state index in [9.17, 15) is 4.79 Å². The lowest BCUT2D eigenvalue weighted by atomic mass is 10.1. The van der Waals surface area contributed by atoms with Crippen LogP contribution in [0.5, 0.6) is 0 Å². The van der Waals surface area contributed by atoms with Gasteiger partial charge in [-0.2, -0.15) is 4.98 Å². The summed E-state index contributed by atoms with van der Waals surface area (Å²) < 4.78 is 6.66. The summed E-state index contributed by atoms with van der Waals surface area (Å²) in [5.74, 6) is 0.748. The molecule has 3 aromatic rings. The van der Waals surface area contributed by atoms with Gasteiger partial charge >= 0.3 is 0 Å². The van der Waals surface area contributed by atoms with Gasteiger partial charge in [-0.15, -0.1) is 0 Å². The minimum atomic E-state index is -0.149. The van der Waals surface area contributed by atoms with Gasteiger partial charge in [-0.3, -0.25) is 4.79 Å². The fourth-order valence-electron chi connectivity index (χ4n) is 2.17. The van der Waals surface area contributed by atoms with Crippen molar-refractivity contribution in [1.82, 2.24) is 14.7 Å². The molecule has 2 heterocycles. The number of rotatable bonds is 3. The number of nitrogens with zero attached hydrogens (tertiary/aromatic N) is 3. The molecular formula is C14H14N4O2. The summed E-state index contributed by atoms with van der Waals surface area (Å²) in [4.78, 5) is 16.6. The zero-order valence-electron chi connectivity index (χ0n) is 11.0. The van der Waals surface area contributed by atoms with Crippen molar-refractivity contribution in [1.29, 1.82) is 0 Å². The summed E-state index contributed by atoms with van der Waals surface area (Å²) in [5.41, 5.74) is 6.59. The lowest BCUT2D eigenvalue weighted by Crippen LogP contribution is -2.19. The van der Waals surface area contributed by atoms with E-state index in [0.717, 1.165) is 10.9 Å². The Balaban J connectivity index is 2.20. The quantitative estimate of drug-likeness (QED) is 0.769. The second kappa shape index (κ2) is 4.90. The van der Waals surface area contributed by atoms with Crippen molar-refractivity contribution < 1.29 is 4.52 Å². The number of hydrogen-bond donors (Lipinski definition) is 1. The van der Waals surface area contributed by atoms with Crippen LogP contribution in [0.1, 0.15) is 5.89 Å². The minimum Gasteiger partial charge on any atom is -0.339 e. The van der Waals surface area contributed by atoms with Gasteiger partial charge in [-0.05, 0) is 17.5 Å². The molecule has 2 N–H and O–H groups in total. The molecule has 0 unspecified atom stereocenters. The van der Waals surface area contributed by atoms with Crippen LogP contribution in [-0.4, -0.2) is 21.3 Å². The van der Waals surface area contributed by atoms with Crippen LogP contribution in [0.15, 0.2) is 39.6 Å². The average molecular weight is 270 g/mol. The first kappa shape index (κ1) is 12.6. The predicted molar refractivity (Wildman–Crippen MR) is 75.2 cm³/mol. The summed E-state index contributed by atoms with van der Waals surface area (Å²) in [6.07, 6.45) is 0.501. The number of fused-ring (bicyclic) bond motifs is 1. The van der Waals surface area contributed by atoms with E-state index in [4.69, 9.17) is 10.3 Å². The Morgan fingerprint density at radius 3 is 2.95 bits per heavy atom. The molecule has 20 heavy (non-hydrogen) atoms. The molecule has 102 valence electrons. The highest BCUT2D eigenvalue weighted by Gasteiger charge is 2.14. The Kier molecular flexibility index (Phi) is 3.08. The maximum Gasteiger partial charge on any atom is 0.262 e. The van der Waals surface area contributed by atoms with Crippen LogP contribution in [0, 0.1) is 0 Å². The summed E-state index contributed by atoms with van der Waals surface area (Å²) >= 11 is 0.